The molecule has 110 valence electrons. The standard InChI is InChI=1S/C15H17FN4S/c1-4-12-13-14(19(3)18-12)20(15(21)17-13)9(2)10-5-7-11(16)8-6-10/h5-9H,4H2,1-3H3,(H,17,21). The first-order valence-electron chi connectivity index (χ1n) is 6.94. The molecule has 0 aliphatic rings. The van der Waals surface area contributed by atoms with E-state index in [-0.39, 0.29) is 11.9 Å². The smallest absolute Gasteiger partial charge is 0.179 e. The summed E-state index contributed by atoms with van der Waals surface area (Å²) in [6.07, 6.45) is 0.845. The number of nitrogens with zero attached hydrogens (tertiary/aromatic N) is 3. The van der Waals surface area contributed by atoms with Gasteiger partial charge in [0.1, 0.15) is 11.3 Å². The van der Waals surface area contributed by atoms with E-state index >= 15 is 0 Å². The summed E-state index contributed by atoms with van der Waals surface area (Å²) >= 11 is 5.47. The van der Waals surface area contributed by atoms with Crippen LogP contribution in [0.3, 0.4) is 0 Å². The van der Waals surface area contributed by atoms with Gasteiger partial charge in [0.2, 0.25) is 0 Å². The minimum absolute atomic E-state index is 0.00644. The Morgan fingerprint density at radius 2 is 2.00 bits per heavy atom. The normalized spacial score (nSPS) is 13.0. The number of imidazole rings is 1. The monoisotopic (exact) mass is 304 g/mol. The molecule has 21 heavy (non-hydrogen) atoms. The second kappa shape index (κ2) is 5.11. The Hall–Kier alpha value is -1.95. The molecule has 0 bridgehead atoms. The van der Waals surface area contributed by atoms with Crippen LogP contribution in [-0.4, -0.2) is 19.3 Å². The zero-order chi connectivity index (χ0) is 15.1. The maximum absolute atomic E-state index is 13.1. The van der Waals surface area contributed by atoms with Gasteiger partial charge in [0, 0.05) is 7.05 Å². The number of nitrogens with one attached hydrogen (secondary N) is 1. The lowest BCUT2D eigenvalue weighted by molar-refractivity contribution is 0.608. The highest BCUT2D eigenvalue weighted by Crippen LogP contribution is 2.26. The van der Waals surface area contributed by atoms with Crippen LogP contribution in [0.2, 0.25) is 0 Å². The van der Waals surface area contributed by atoms with Crippen LogP contribution in [0.5, 0.6) is 0 Å². The van der Waals surface area contributed by atoms with Crippen molar-refractivity contribution in [2.75, 3.05) is 0 Å². The average Bonchev–Trinajstić information content (AvgIpc) is 2.95. The second-order valence-corrected chi connectivity index (χ2v) is 5.54. The molecular weight excluding hydrogens is 287 g/mol. The Kier molecular flexibility index (Phi) is 3.41. The molecule has 0 aliphatic carbocycles. The summed E-state index contributed by atoms with van der Waals surface area (Å²) in [4.78, 5) is 3.25. The van der Waals surface area contributed by atoms with Gasteiger partial charge in [-0.2, -0.15) is 5.10 Å². The fourth-order valence-electron chi connectivity index (χ4n) is 2.73. The lowest BCUT2D eigenvalue weighted by Gasteiger charge is -2.15. The van der Waals surface area contributed by atoms with Crippen molar-refractivity contribution in [2.45, 2.75) is 26.3 Å². The summed E-state index contributed by atoms with van der Waals surface area (Å²) in [5.41, 5.74) is 3.96. The molecule has 0 saturated heterocycles. The number of benzene rings is 1. The van der Waals surface area contributed by atoms with Crippen LogP contribution in [-0.2, 0) is 13.5 Å². The number of aromatic amines is 1. The van der Waals surface area contributed by atoms with Crippen molar-refractivity contribution in [1.82, 2.24) is 19.3 Å². The van der Waals surface area contributed by atoms with Gasteiger partial charge in [-0.1, -0.05) is 19.1 Å². The molecule has 0 radical (unpaired) electrons. The molecule has 1 N–H and O–H groups in total. The van der Waals surface area contributed by atoms with Crippen LogP contribution in [0.4, 0.5) is 4.39 Å². The summed E-state index contributed by atoms with van der Waals surface area (Å²) in [7, 11) is 1.91. The van der Waals surface area contributed by atoms with Crippen LogP contribution in [0.15, 0.2) is 24.3 Å². The van der Waals surface area contributed by atoms with Gasteiger partial charge in [-0.15, -0.1) is 0 Å². The van der Waals surface area contributed by atoms with Crippen LogP contribution in [0.1, 0.15) is 31.1 Å². The van der Waals surface area contributed by atoms with Crippen molar-refractivity contribution in [3.63, 3.8) is 0 Å². The molecule has 2 aromatic heterocycles. The number of hydrogen-bond donors (Lipinski definition) is 1. The first kappa shape index (κ1) is 14.0. The van der Waals surface area contributed by atoms with E-state index in [2.05, 4.69) is 23.9 Å². The Morgan fingerprint density at radius 3 is 2.62 bits per heavy atom. The first-order chi connectivity index (χ1) is 10.0. The molecule has 1 atom stereocenters. The minimum atomic E-state index is -0.234. The topological polar surface area (TPSA) is 38.5 Å². The molecular formula is C15H17FN4S. The molecule has 0 saturated carbocycles. The maximum atomic E-state index is 13.1. The SMILES string of the molecule is CCc1nn(C)c2c1[nH]c(=S)n2C(C)c1ccc(F)cc1. The third-order valence-electron chi connectivity index (χ3n) is 3.84. The number of H-pyrrole nitrogens is 1. The molecule has 0 fully saturated rings. The molecule has 0 aliphatic heterocycles. The molecule has 3 aromatic rings. The second-order valence-electron chi connectivity index (χ2n) is 5.15. The molecule has 1 aromatic carbocycles. The summed E-state index contributed by atoms with van der Waals surface area (Å²) in [5, 5.41) is 4.52. The van der Waals surface area contributed by atoms with Gasteiger partial charge >= 0.3 is 0 Å². The number of fused-ring (bicyclic) bond motifs is 1. The van der Waals surface area contributed by atoms with Crippen molar-refractivity contribution < 1.29 is 4.39 Å². The van der Waals surface area contributed by atoms with Gasteiger partial charge in [-0.05, 0) is 43.3 Å². The molecule has 2 heterocycles. The van der Waals surface area contributed by atoms with Crippen molar-refractivity contribution in [1.29, 1.82) is 0 Å². The summed E-state index contributed by atoms with van der Waals surface area (Å²) < 4.78 is 17.6. The average molecular weight is 304 g/mol. The van der Waals surface area contributed by atoms with E-state index in [1.165, 1.54) is 12.1 Å². The van der Waals surface area contributed by atoms with Gasteiger partial charge in [0.05, 0.1) is 11.7 Å². The Labute approximate surface area is 127 Å². The van der Waals surface area contributed by atoms with Crippen LogP contribution >= 0.6 is 12.2 Å². The lowest BCUT2D eigenvalue weighted by Crippen LogP contribution is -2.09. The Morgan fingerprint density at radius 1 is 1.33 bits per heavy atom. The van der Waals surface area contributed by atoms with Gasteiger partial charge in [-0.25, -0.2) is 4.39 Å². The van der Waals surface area contributed by atoms with Crippen molar-refractivity contribution >= 4 is 23.4 Å². The van der Waals surface area contributed by atoms with Crippen LogP contribution in [0, 0.1) is 10.6 Å². The predicted octanol–water partition coefficient (Wildman–Crippen LogP) is 3.74. The molecule has 0 spiro atoms. The maximum Gasteiger partial charge on any atom is 0.179 e. The zero-order valence-corrected chi connectivity index (χ0v) is 13.0. The number of rotatable bonds is 3. The Balaban J connectivity index is 2.20. The summed E-state index contributed by atoms with van der Waals surface area (Å²) in [5.74, 6) is -0.234. The van der Waals surface area contributed by atoms with E-state index in [1.807, 2.05) is 16.3 Å². The van der Waals surface area contributed by atoms with Gasteiger partial charge in [0.15, 0.2) is 10.4 Å². The third-order valence-corrected chi connectivity index (χ3v) is 4.14. The number of aromatic nitrogens is 4. The van der Waals surface area contributed by atoms with E-state index in [1.54, 1.807) is 12.1 Å². The number of hydrogen-bond acceptors (Lipinski definition) is 2. The molecule has 0 amide bonds. The van der Waals surface area contributed by atoms with Crippen molar-refractivity contribution in [3.8, 4) is 0 Å². The zero-order valence-electron chi connectivity index (χ0n) is 12.2. The molecule has 1 unspecified atom stereocenters. The van der Waals surface area contributed by atoms with E-state index in [4.69, 9.17) is 12.2 Å². The van der Waals surface area contributed by atoms with E-state index < -0.39 is 0 Å². The van der Waals surface area contributed by atoms with Crippen molar-refractivity contribution in [2.24, 2.45) is 7.05 Å². The fourth-order valence-corrected chi connectivity index (χ4v) is 3.08. The molecule has 6 heteroatoms. The third kappa shape index (κ3) is 2.19. The van der Waals surface area contributed by atoms with E-state index in [0.717, 1.165) is 28.8 Å². The van der Waals surface area contributed by atoms with E-state index in [9.17, 15) is 4.39 Å². The van der Waals surface area contributed by atoms with Gasteiger partial charge in [-0.3, -0.25) is 9.25 Å². The molecule has 4 nitrogen and oxygen atoms in total. The van der Waals surface area contributed by atoms with E-state index in [0.29, 0.717) is 4.77 Å². The lowest BCUT2D eigenvalue weighted by atomic mass is 10.1. The van der Waals surface area contributed by atoms with Gasteiger partial charge < -0.3 is 4.98 Å². The largest absolute Gasteiger partial charge is 0.328 e. The van der Waals surface area contributed by atoms with Crippen LogP contribution in [0.25, 0.3) is 11.2 Å². The first-order valence-corrected chi connectivity index (χ1v) is 7.35. The summed E-state index contributed by atoms with van der Waals surface area (Å²) in [6.45, 7) is 4.12. The Bertz CT molecular complexity index is 841. The molecule has 3 rings (SSSR count). The van der Waals surface area contributed by atoms with Crippen LogP contribution < -0.4 is 0 Å². The fraction of sp³-hybridized carbons (Fsp3) is 0.333. The predicted molar refractivity (Wildman–Crippen MR) is 83.5 cm³/mol. The quantitative estimate of drug-likeness (QED) is 0.749. The minimum Gasteiger partial charge on any atom is -0.328 e. The highest BCUT2D eigenvalue weighted by atomic mass is 32.1. The number of aryl methyl sites for hydroxylation is 2. The highest BCUT2D eigenvalue weighted by Gasteiger charge is 2.18. The van der Waals surface area contributed by atoms with Crippen molar-refractivity contribution in [3.05, 3.63) is 46.1 Å². The summed E-state index contributed by atoms with van der Waals surface area (Å²) in [6, 6.07) is 6.53. The highest BCUT2D eigenvalue weighted by molar-refractivity contribution is 7.71. The number of halogens is 1. The van der Waals surface area contributed by atoms with Gasteiger partial charge in [0.25, 0.3) is 0 Å².